The summed E-state index contributed by atoms with van der Waals surface area (Å²) in [6.45, 7) is 8.42. The van der Waals surface area contributed by atoms with Gasteiger partial charge in [-0.25, -0.2) is 0 Å². The molecule has 0 aromatic heterocycles. The zero-order valence-corrected chi connectivity index (χ0v) is 25.1. The molecule has 218 valence electrons. The number of phenols is 2. The summed E-state index contributed by atoms with van der Waals surface area (Å²) < 4.78 is 6.37. The number of benzene rings is 2. The lowest BCUT2D eigenvalue weighted by Gasteiger charge is -2.45. The first-order valence-corrected chi connectivity index (χ1v) is 15.5. The van der Waals surface area contributed by atoms with Crippen LogP contribution in [0.3, 0.4) is 0 Å². The van der Waals surface area contributed by atoms with Gasteiger partial charge >= 0.3 is 5.97 Å². The summed E-state index contributed by atoms with van der Waals surface area (Å²) >= 11 is 0. The molecule has 0 aliphatic carbocycles. The highest BCUT2D eigenvalue weighted by Crippen LogP contribution is 2.49. The van der Waals surface area contributed by atoms with E-state index < -0.39 is 11.0 Å². The van der Waals surface area contributed by atoms with E-state index >= 15 is 0 Å². The molecule has 0 fully saturated rings. The fourth-order valence-corrected chi connectivity index (χ4v) is 5.56. The molecule has 0 saturated carbocycles. The van der Waals surface area contributed by atoms with Crippen molar-refractivity contribution in [2.75, 3.05) is 0 Å². The number of rotatable bonds is 19. The fourth-order valence-electron chi connectivity index (χ4n) is 5.56. The minimum Gasteiger partial charge on any atom is -0.508 e. The Morgan fingerprint density at radius 3 is 1.26 bits per heavy atom. The molecule has 0 spiro atoms. The molecule has 0 aliphatic heterocycles. The van der Waals surface area contributed by atoms with Gasteiger partial charge in [0.15, 0.2) is 5.60 Å². The number of phenolic OH excluding ortho intramolecular Hbond substituents is 2. The molecule has 2 aromatic rings. The lowest BCUT2D eigenvalue weighted by atomic mass is 9.68. The van der Waals surface area contributed by atoms with Gasteiger partial charge in [-0.15, -0.1) is 0 Å². The van der Waals surface area contributed by atoms with E-state index in [1.54, 1.807) is 24.3 Å². The van der Waals surface area contributed by atoms with Crippen LogP contribution in [-0.2, 0) is 15.1 Å². The first-order chi connectivity index (χ1) is 18.7. The molecule has 0 aliphatic rings. The van der Waals surface area contributed by atoms with Gasteiger partial charge < -0.3 is 14.9 Å². The Balaban J connectivity index is 1.79. The molecular formula is C35H54O4. The Kier molecular flexibility index (Phi) is 14.5. The minimum atomic E-state index is -1.05. The Labute approximate surface area is 238 Å². The molecule has 4 nitrogen and oxygen atoms in total. The van der Waals surface area contributed by atoms with Crippen molar-refractivity contribution in [3.63, 3.8) is 0 Å². The van der Waals surface area contributed by atoms with Crippen molar-refractivity contribution in [1.82, 2.24) is 0 Å². The second kappa shape index (κ2) is 17.3. The molecule has 0 amide bonds. The maximum absolute atomic E-state index is 13.2. The minimum absolute atomic E-state index is 0.163. The van der Waals surface area contributed by atoms with Gasteiger partial charge in [0.25, 0.3) is 0 Å². The third kappa shape index (κ3) is 10.9. The Morgan fingerprint density at radius 2 is 0.923 bits per heavy atom. The fraction of sp³-hybridized carbons (Fsp3) is 0.629. The van der Waals surface area contributed by atoms with Crippen molar-refractivity contribution in [1.29, 1.82) is 0 Å². The third-order valence-electron chi connectivity index (χ3n) is 7.86. The number of aromatic hydroxyl groups is 2. The molecule has 0 heterocycles. The predicted octanol–water partition coefficient (Wildman–Crippen LogP) is 10.2. The predicted molar refractivity (Wildman–Crippen MR) is 162 cm³/mol. The van der Waals surface area contributed by atoms with E-state index in [0.29, 0.717) is 6.42 Å². The average molecular weight is 539 g/mol. The SMILES string of the molecule is CCCCCCCCCCCCCCCCCC(=O)OC(c1ccc(O)cc1)(c1ccc(O)cc1)C(C)(C)C. The van der Waals surface area contributed by atoms with Gasteiger partial charge in [-0.3, -0.25) is 4.79 Å². The standard InChI is InChI=1S/C35H54O4/c1-5-6-7-8-9-10-11-12-13-14-15-16-17-18-19-20-33(38)39-35(34(2,3)4,29-21-25-31(36)26-22-29)30-23-27-32(37)28-24-30/h21-28,36-37H,5-20H2,1-4H3. The van der Waals surface area contributed by atoms with Gasteiger partial charge in [0.05, 0.1) is 0 Å². The van der Waals surface area contributed by atoms with Crippen LogP contribution in [0.1, 0.15) is 142 Å². The van der Waals surface area contributed by atoms with Crippen molar-refractivity contribution in [2.24, 2.45) is 5.41 Å². The van der Waals surface area contributed by atoms with Crippen LogP contribution in [-0.4, -0.2) is 16.2 Å². The quantitative estimate of drug-likeness (QED) is 0.138. The number of hydrogen-bond donors (Lipinski definition) is 2. The average Bonchev–Trinajstić information content (AvgIpc) is 2.90. The van der Waals surface area contributed by atoms with Gasteiger partial charge in [-0.1, -0.05) is 142 Å². The summed E-state index contributed by atoms with van der Waals surface area (Å²) in [5, 5.41) is 19.8. The maximum atomic E-state index is 13.2. The maximum Gasteiger partial charge on any atom is 0.307 e. The van der Waals surface area contributed by atoms with Crippen molar-refractivity contribution >= 4 is 5.97 Å². The lowest BCUT2D eigenvalue weighted by molar-refractivity contribution is -0.168. The van der Waals surface area contributed by atoms with Crippen LogP contribution in [0, 0.1) is 5.41 Å². The summed E-state index contributed by atoms with van der Waals surface area (Å²) in [5.74, 6) is 0.105. The molecule has 0 radical (unpaired) electrons. The highest BCUT2D eigenvalue weighted by atomic mass is 16.6. The highest BCUT2D eigenvalue weighted by Gasteiger charge is 2.48. The number of unbranched alkanes of at least 4 members (excludes halogenated alkanes) is 14. The number of ether oxygens (including phenoxy) is 1. The summed E-state index contributed by atoms with van der Waals surface area (Å²) in [4.78, 5) is 13.2. The molecule has 0 saturated heterocycles. The van der Waals surface area contributed by atoms with E-state index in [1.807, 2.05) is 45.0 Å². The van der Waals surface area contributed by atoms with Crippen LogP contribution in [0.5, 0.6) is 11.5 Å². The molecule has 4 heteroatoms. The molecule has 2 rings (SSSR count). The lowest BCUT2D eigenvalue weighted by Crippen LogP contribution is -2.45. The second-order valence-electron chi connectivity index (χ2n) is 12.2. The zero-order chi connectivity index (χ0) is 28.6. The van der Waals surface area contributed by atoms with E-state index in [0.717, 1.165) is 30.4 Å². The monoisotopic (exact) mass is 538 g/mol. The van der Waals surface area contributed by atoms with E-state index in [9.17, 15) is 15.0 Å². The summed E-state index contributed by atoms with van der Waals surface area (Å²) in [6, 6.07) is 13.8. The van der Waals surface area contributed by atoms with Gasteiger partial charge in [0.1, 0.15) is 11.5 Å². The first-order valence-electron chi connectivity index (χ1n) is 15.5. The van der Waals surface area contributed by atoms with Crippen molar-refractivity contribution in [3.05, 3.63) is 59.7 Å². The molecule has 39 heavy (non-hydrogen) atoms. The Bertz CT molecular complexity index is 879. The second-order valence-corrected chi connectivity index (χ2v) is 12.2. The summed E-state index contributed by atoms with van der Waals surface area (Å²) in [5.41, 5.74) is 0.0544. The van der Waals surface area contributed by atoms with E-state index in [-0.39, 0.29) is 17.5 Å². The van der Waals surface area contributed by atoms with Gasteiger partial charge in [-0.2, -0.15) is 0 Å². The van der Waals surface area contributed by atoms with Crippen molar-refractivity contribution in [3.8, 4) is 11.5 Å². The van der Waals surface area contributed by atoms with Crippen LogP contribution >= 0.6 is 0 Å². The van der Waals surface area contributed by atoms with Crippen molar-refractivity contribution < 1.29 is 19.7 Å². The first kappa shape index (κ1) is 32.7. The zero-order valence-electron chi connectivity index (χ0n) is 25.1. The number of esters is 1. The number of carbonyl (C=O) groups excluding carboxylic acids is 1. The third-order valence-corrected chi connectivity index (χ3v) is 7.86. The molecule has 0 unspecified atom stereocenters. The van der Waals surface area contributed by atoms with Crippen LogP contribution in [0.15, 0.2) is 48.5 Å². The summed E-state index contributed by atoms with van der Waals surface area (Å²) in [6.07, 6.45) is 19.7. The molecular weight excluding hydrogens is 484 g/mol. The van der Waals surface area contributed by atoms with Gasteiger partial charge in [0.2, 0.25) is 0 Å². The van der Waals surface area contributed by atoms with E-state index in [1.165, 1.54) is 77.0 Å². The van der Waals surface area contributed by atoms with Crippen LogP contribution < -0.4 is 0 Å². The van der Waals surface area contributed by atoms with E-state index in [4.69, 9.17) is 4.74 Å². The smallest absolute Gasteiger partial charge is 0.307 e. The molecule has 2 aromatic carbocycles. The Hall–Kier alpha value is -2.49. The van der Waals surface area contributed by atoms with Crippen molar-refractivity contribution in [2.45, 2.75) is 136 Å². The normalized spacial score (nSPS) is 12.0. The largest absolute Gasteiger partial charge is 0.508 e. The van der Waals surface area contributed by atoms with Gasteiger partial charge in [-0.05, 0) is 30.7 Å². The number of hydrogen-bond acceptors (Lipinski definition) is 4. The highest BCUT2D eigenvalue weighted by molar-refractivity contribution is 5.71. The van der Waals surface area contributed by atoms with Crippen LogP contribution in [0.4, 0.5) is 0 Å². The van der Waals surface area contributed by atoms with Gasteiger partial charge in [0, 0.05) is 23.0 Å². The Morgan fingerprint density at radius 1 is 0.590 bits per heavy atom. The molecule has 2 N–H and O–H groups in total. The van der Waals surface area contributed by atoms with Crippen LogP contribution in [0.2, 0.25) is 0 Å². The topological polar surface area (TPSA) is 66.8 Å². The summed E-state index contributed by atoms with van der Waals surface area (Å²) in [7, 11) is 0. The number of carbonyl (C=O) groups is 1. The van der Waals surface area contributed by atoms with E-state index in [2.05, 4.69) is 6.92 Å². The molecule has 0 atom stereocenters. The molecule has 0 bridgehead atoms. The van der Waals surface area contributed by atoms with Crippen LogP contribution in [0.25, 0.3) is 0 Å².